The van der Waals surface area contributed by atoms with Crippen LogP contribution in [0.25, 0.3) is 11.3 Å². The molecule has 4 unspecified atom stereocenters. The van der Waals surface area contributed by atoms with Gasteiger partial charge >= 0.3 is 5.97 Å². The monoisotopic (exact) mass is 342 g/mol. The summed E-state index contributed by atoms with van der Waals surface area (Å²) in [6, 6.07) is 9.64. The third-order valence-corrected chi connectivity index (χ3v) is 5.05. The molecule has 24 heavy (non-hydrogen) atoms. The van der Waals surface area contributed by atoms with E-state index in [4.69, 9.17) is 4.74 Å². The topological polar surface area (TPSA) is 88.5 Å². The number of nitrogens with zero attached hydrogens (tertiary/aromatic N) is 1. The van der Waals surface area contributed by atoms with Crippen molar-refractivity contribution in [3.05, 3.63) is 47.9 Å². The Morgan fingerprint density at radius 1 is 1.12 bits per heavy atom. The maximum absolute atomic E-state index is 12.5. The summed E-state index contributed by atoms with van der Waals surface area (Å²) in [5.74, 6) is -2.97. The van der Waals surface area contributed by atoms with Crippen LogP contribution < -0.4 is 5.32 Å². The minimum absolute atomic E-state index is 0.367. The highest BCUT2D eigenvalue weighted by Crippen LogP contribution is 2.40. The molecule has 2 bridgehead atoms. The zero-order valence-electron chi connectivity index (χ0n) is 12.5. The van der Waals surface area contributed by atoms with Crippen molar-refractivity contribution >= 4 is 28.3 Å². The first-order chi connectivity index (χ1) is 11.6. The third kappa shape index (κ3) is 2.51. The zero-order valence-corrected chi connectivity index (χ0v) is 13.3. The van der Waals surface area contributed by atoms with Crippen LogP contribution in [0.4, 0.5) is 5.13 Å². The Morgan fingerprint density at radius 2 is 1.83 bits per heavy atom. The van der Waals surface area contributed by atoms with Crippen LogP contribution in [0, 0.1) is 11.8 Å². The van der Waals surface area contributed by atoms with Gasteiger partial charge in [-0.3, -0.25) is 9.59 Å². The average Bonchev–Trinajstić information content (AvgIpc) is 3.30. The van der Waals surface area contributed by atoms with Gasteiger partial charge < -0.3 is 15.2 Å². The highest BCUT2D eigenvalue weighted by molar-refractivity contribution is 7.14. The molecule has 7 heteroatoms. The second-order valence-electron chi connectivity index (χ2n) is 5.73. The summed E-state index contributed by atoms with van der Waals surface area (Å²) in [5, 5.41) is 14.4. The maximum atomic E-state index is 12.5. The summed E-state index contributed by atoms with van der Waals surface area (Å²) in [4.78, 5) is 28.4. The number of benzene rings is 1. The van der Waals surface area contributed by atoms with Crippen LogP contribution in [0.2, 0.25) is 0 Å². The molecule has 4 atom stereocenters. The summed E-state index contributed by atoms with van der Waals surface area (Å²) < 4.78 is 5.52. The highest BCUT2D eigenvalue weighted by atomic mass is 32.1. The van der Waals surface area contributed by atoms with Crippen molar-refractivity contribution in [3.63, 3.8) is 0 Å². The standard InChI is InChI=1S/C17H14N2O4S/c20-15(13-11-6-7-12(23-11)14(13)16(21)22)19-17-18-10(8-24-17)9-4-2-1-3-5-9/h1-8,11-14H,(H,21,22)(H,18,19,20). The Morgan fingerprint density at radius 3 is 2.54 bits per heavy atom. The third-order valence-electron chi connectivity index (χ3n) is 4.29. The molecule has 1 fully saturated rings. The van der Waals surface area contributed by atoms with E-state index in [-0.39, 0.29) is 5.91 Å². The van der Waals surface area contributed by atoms with Crippen LogP contribution in [0.3, 0.4) is 0 Å². The van der Waals surface area contributed by atoms with Gasteiger partial charge in [-0.05, 0) is 0 Å². The van der Waals surface area contributed by atoms with E-state index in [1.165, 1.54) is 11.3 Å². The Hall–Kier alpha value is -2.51. The fourth-order valence-electron chi connectivity index (χ4n) is 3.18. The Labute approximate surface area is 141 Å². The number of carbonyl (C=O) groups is 2. The summed E-state index contributed by atoms with van der Waals surface area (Å²) in [5.41, 5.74) is 1.73. The molecule has 2 aliphatic rings. The molecule has 4 rings (SSSR count). The van der Waals surface area contributed by atoms with Gasteiger partial charge in [-0.15, -0.1) is 11.3 Å². The molecule has 1 amide bonds. The van der Waals surface area contributed by atoms with Gasteiger partial charge in [0.15, 0.2) is 5.13 Å². The number of nitrogens with one attached hydrogen (secondary N) is 1. The summed E-state index contributed by atoms with van der Waals surface area (Å²) in [6.45, 7) is 0. The number of hydrogen-bond acceptors (Lipinski definition) is 5. The molecule has 2 aliphatic heterocycles. The molecule has 3 heterocycles. The number of hydrogen-bond donors (Lipinski definition) is 2. The van der Waals surface area contributed by atoms with Crippen LogP contribution in [0.1, 0.15) is 0 Å². The van der Waals surface area contributed by atoms with Crippen LogP contribution in [-0.4, -0.2) is 34.2 Å². The summed E-state index contributed by atoms with van der Waals surface area (Å²) in [6.07, 6.45) is 2.46. The molecular formula is C17H14N2O4S. The van der Waals surface area contributed by atoms with Crippen molar-refractivity contribution in [1.29, 1.82) is 0 Å². The number of thiazole rings is 1. The van der Waals surface area contributed by atoms with Crippen molar-refractivity contribution in [2.75, 3.05) is 5.32 Å². The molecule has 0 aliphatic carbocycles. The second-order valence-corrected chi connectivity index (χ2v) is 6.59. The average molecular weight is 342 g/mol. The van der Waals surface area contributed by atoms with Gasteiger partial charge in [-0.1, -0.05) is 42.5 Å². The quantitative estimate of drug-likeness (QED) is 0.833. The first-order valence-electron chi connectivity index (χ1n) is 7.52. The molecular weight excluding hydrogens is 328 g/mol. The van der Waals surface area contributed by atoms with E-state index < -0.39 is 30.0 Å². The Bertz CT molecular complexity index is 817. The first-order valence-corrected chi connectivity index (χ1v) is 8.40. The number of anilines is 1. The van der Waals surface area contributed by atoms with Gasteiger partial charge in [-0.25, -0.2) is 4.98 Å². The first kappa shape index (κ1) is 15.0. The predicted molar refractivity (Wildman–Crippen MR) is 88.6 cm³/mol. The lowest BCUT2D eigenvalue weighted by atomic mass is 9.82. The number of rotatable bonds is 4. The molecule has 2 N–H and O–H groups in total. The van der Waals surface area contributed by atoms with Gasteiger partial charge in [0.2, 0.25) is 5.91 Å². The largest absolute Gasteiger partial charge is 0.481 e. The minimum Gasteiger partial charge on any atom is -0.481 e. The number of ether oxygens (including phenoxy) is 1. The zero-order chi connectivity index (χ0) is 16.7. The van der Waals surface area contributed by atoms with E-state index in [9.17, 15) is 14.7 Å². The number of carbonyl (C=O) groups excluding carboxylic acids is 1. The molecule has 1 aromatic carbocycles. The fourth-order valence-corrected chi connectivity index (χ4v) is 3.90. The normalized spacial score (nSPS) is 27.3. The van der Waals surface area contributed by atoms with E-state index >= 15 is 0 Å². The van der Waals surface area contributed by atoms with Gasteiger partial charge in [-0.2, -0.15) is 0 Å². The number of amides is 1. The summed E-state index contributed by atoms with van der Waals surface area (Å²) in [7, 11) is 0. The molecule has 6 nitrogen and oxygen atoms in total. The Balaban J connectivity index is 1.52. The number of aliphatic carboxylic acids is 1. The van der Waals surface area contributed by atoms with Crippen molar-refractivity contribution in [2.45, 2.75) is 12.2 Å². The number of carboxylic acid groups (broad SMARTS) is 1. The second kappa shape index (κ2) is 5.85. The lowest BCUT2D eigenvalue weighted by molar-refractivity contribution is -0.145. The van der Waals surface area contributed by atoms with E-state index in [2.05, 4.69) is 10.3 Å². The Kier molecular flexibility index (Phi) is 3.66. The van der Waals surface area contributed by atoms with Crippen LogP contribution in [0.5, 0.6) is 0 Å². The van der Waals surface area contributed by atoms with E-state index in [1.807, 2.05) is 35.7 Å². The van der Waals surface area contributed by atoms with Gasteiger partial charge in [0.1, 0.15) is 5.92 Å². The number of fused-ring (bicyclic) bond motifs is 2. The van der Waals surface area contributed by atoms with Gasteiger partial charge in [0, 0.05) is 10.9 Å². The van der Waals surface area contributed by atoms with Crippen molar-refractivity contribution in [2.24, 2.45) is 11.8 Å². The molecule has 0 radical (unpaired) electrons. The van der Waals surface area contributed by atoms with Crippen molar-refractivity contribution in [1.82, 2.24) is 4.98 Å². The number of aromatic nitrogens is 1. The van der Waals surface area contributed by atoms with Crippen LogP contribution in [0.15, 0.2) is 47.9 Å². The van der Waals surface area contributed by atoms with Gasteiger partial charge in [0.05, 0.1) is 23.8 Å². The van der Waals surface area contributed by atoms with Gasteiger partial charge in [0.25, 0.3) is 0 Å². The molecule has 0 saturated carbocycles. The van der Waals surface area contributed by atoms with E-state index in [1.54, 1.807) is 12.2 Å². The smallest absolute Gasteiger partial charge is 0.310 e. The van der Waals surface area contributed by atoms with Crippen molar-refractivity contribution in [3.8, 4) is 11.3 Å². The SMILES string of the molecule is O=C(O)C1C2C=CC(O2)C1C(=O)Nc1nc(-c2ccccc2)cs1. The fraction of sp³-hybridized carbons (Fsp3) is 0.235. The molecule has 1 saturated heterocycles. The van der Waals surface area contributed by atoms with E-state index in [0.717, 1.165) is 11.3 Å². The molecule has 1 aromatic heterocycles. The lowest BCUT2D eigenvalue weighted by Gasteiger charge is -2.20. The molecule has 2 aromatic rings. The highest BCUT2D eigenvalue weighted by Gasteiger charge is 2.53. The van der Waals surface area contributed by atoms with E-state index in [0.29, 0.717) is 5.13 Å². The number of carboxylic acids is 1. The maximum Gasteiger partial charge on any atom is 0.310 e. The van der Waals surface area contributed by atoms with Crippen LogP contribution in [-0.2, 0) is 14.3 Å². The lowest BCUT2D eigenvalue weighted by Crippen LogP contribution is -2.39. The van der Waals surface area contributed by atoms with Crippen LogP contribution >= 0.6 is 11.3 Å². The minimum atomic E-state index is -1.02. The predicted octanol–water partition coefficient (Wildman–Crippen LogP) is 2.40. The summed E-state index contributed by atoms with van der Waals surface area (Å²) >= 11 is 1.31. The molecule has 122 valence electrons. The molecule has 0 spiro atoms. The van der Waals surface area contributed by atoms with Crippen molar-refractivity contribution < 1.29 is 19.4 Å².